The smallest absolute Gasteiger partial charge is 0.0898 e. The lowest BCUT2D eigenvalue weighted by Crippen LogP contribution is -2.50. The summed E-state index contributed by atoms with van der Waals surface area (Å²) < 4.78 is 12.9. The molecule has 0 aromatic heterocycles. The lowest BCUT2D eigenvalue weighted by Gasteiger charge is -2.58. The Morgan fingerprint density at radius 1 is 1.09 bits per heavy atom. The Kier molecular flexibility index (Phi) is 3.35. The summed E-state index contributed by atoms with van der Waals surface area (Å²) in [7, 11) is 0. The number of aliphatic hydroxyl groups excluding tert-OH is 1. The van der Waals surface area contributed by atoms with Crippen LogP contribution in [0.1, 0.15) is 65.2 Å². The van der Waals surface area contributed by atoms with Gasteiger partial charge < -0.3 is 5.11 Å². The molecule has 0 aromatic rings. The molecular formula is C20H29FO. The number of fused-ring (bicyclic) bond motifs is 5. The molecule has 0 radical (unpaired) electrons. The number of allylic oxidation sites excluding steroid dienone is 3. The average Bonchev–Trinajstić information content (AvgIpc) is 2.82. The van der Waals surface area contributed by atoms with Crippen LogP contribution in [0.5, 0.6) is 0 Å². The summed E-state index contributed by atoms with van der Waals surface area (Å²) in [4.78, 5) is 0. The van der Waals surface area contributed by atoms with Gasteiger partial charge >= 0.3 is 0 Å². The fourth-order valence-corrected chi connectivity index (χ4v) is 6.67. The van der Waals surface area contributed by atoms with Crippen LogP contribution in [-0.4, -0.2) is 11.2 Å². The Balaban J connectivity index is 1.68. The maximum atomic E-state index is 12.9. The minimum atomic E-state index is -0.0874. The summed E-state index contributed by atoms with van der Waals surface area (Å²) in [5.41, 5.74) is 2.84. The zero-order valence-electron chi connectivity index (χ0n) is 13.9. The van der Waals surface area contributed by atoms with E-state index in [9.17, 15) is 9.50 Å². The molecule has 3 saturated carbocycles. The molecule has 0 saturated heterocycles. The Labute approximate surface area is 133 Å². The first-order valence-corrected chi connectivity index (χ1v) is 9.17. The molecule has 0 heterocycles. The molecule has 1 nitrogen and oxygen atoms in total. The molecule has 0 spiro atoms. The molecule has 1 N–H and O–H groups in total. The SMILES string of the molecule is C[C@]12CCC(=CF)C=C1CC[C@@H]1[C@H]2CC[C@]2(C)C(O)CC[C@@H]12. The summed E-state index contributed by atoms with van der Waals surface area (Å²) in [6.07, 6.45) is 11.9. The highest BCUT2D eigenvalue weighted by Crippen LogP contribution is 2.65. The Morgan fingerprint density at radius 3 is 2.68 bits per heavy atom. The maximum Gasteiger partial charge on any atom is 0.0898 e. The summed E-state index contributed by atoms with van der Waals surface area (Å²) in [5.74, 6) is 2.23. The van der Waals surface area contributed by atoms with Crippen LogP contribution in [0.3, 0.4) is 0 Å². The molecule has 0 amide bonds. The third-order valence-corrected chi connectivity index (χ3v) is 8.12. The van der Waals surface area contributed by atoms with Crippen molar-refractivity contribution >= 4 is 0 Å². The summed E-state index contributed by atoms with van der Waals surface area (Å²) in [6.45, 7) is 4.78. The van der Waals surface area contributed by atoms with Gasteiger partial charge in [-0.3, -0.25) is 0 Å². The van der Waals surface area contributed by atoms with E-state index in [1.807, 2.05) is 0 Å². The normalized spacial score (nSPS) is 52.7. The van der Waals surface area contributed by atoms with Gasteiger partial charge in [0.15, 0.2) is 0 Å². The molecule has 0 aromatic carbocycles. The van der Waals surface area contributed by atoms with Gasteiger partial charge in [0.2, 0.25) is 0 Å². The van der Waals surface area contributed by atoms with Crippen molar-refractivity contribution in [3.8, 4) is 0 Å². The summed E-state index contributed by atoms with van der Waals surface area (Å²) in [6, 6.07) is 0. The van der Waals surface area contributed by atoms with E-state index in [0.29, 0.717) is 5.92 Å². The quantitative estimate of drug-likeness (QED) is 0.655. The second-order valence-corrected chi connectivity index (χ2v) is 8.82. The first kappa shape index (κ1) is 14.9. The second-order valence-electron chi connectivity index (χ2n) is 8.82. The van der Waals surface area contributed by atoms with E-state index < -0.39 is 0 Å². The van der Waals surface area contributed by atoms with Crippen molar-refractivity contribution in [2.75, 3.05) is 0 Å². The van der Waals surface area contributed by atoms with Gasteiger partial charge in [0.05, 0.1) is 12.4 Å². The van der Waals surface area contributed by atoms with Crippen molar-refractivity contribution in [3.05, 3.63) is 23.6 Å². The van der Waals surface area contributed by atoms with Crippen molar-refractivity contribution < 1.29 is 9.50 Å². The number of aliphatic hydroxyl groups is 1. The van der Waals surface area contributed by atoms with Gasteiger partial charge in [-0.25, -0.2) is 4.39 Å². The van der Waals surface area contributed by atoms with Crippen molar-refractivity contribution in [1.29, 1.82) is 0 Å². The van der Waals surface area contributed by atoms with Crippen LogP contribution in [0.25, 0.3) is 0 Å². The van der Waals surface area contributed by atoms with Crippen molar-refractivity contribution in [3.63, 3.8) is 0 Å². The number of hydrogen-bond acceptors (Lipinski definition) is 1. The van der Waals surface area contributed by atoms with Crippen LogP contribution in [0.2, 0.25) is 0 Å². The average molecular weight is 304 g/mol. The Bertz CT molecular complexity index is 536. The zero-order chi connectivity index (χ0) is 15.5. The molecule has 2 heteroatoms. The van der Waals surface area contributed by atoms with Crippen LogP contribution in [0.4, 0.5) is 4.39 Å². The van der Waals surface area contributed by atoms with E-state index >= 15 is 0 Å². The molecular weight excluding hydrogens is 275 g/mol. The lowest BCUT2D eigenvalue weighted by atomic mass is 9.47. The van der Waals surface area contributed by atoms with Crippen LogP contribution in [0.15, 0.2) is 23.6 Å². The molecule has 22 heavy (non-hydrogen) atoms. The molecule has 4 aliphatic rings. The molecule has 0 bridgehead atoms. The van der Waals surface area contributed by atoms with Gasteiger partial charge in [0, 0.05) is 0 Å². The molecule has 0 aliphatic heterocycles. The molecule has 122 valence electrons. The van der Waals surface area contributed by atoms with Crippen molar-refractivity contribution in [1.82, 2.24) is 0 Å². The first-order chi connectivity index (χ1) is 10.5. The second kappa shape index (κ2) is 4.93. The van der Waals surface area contributed by atoms with Crippen LogP contribution >= 0.6 is 0 Å². The van der Waals surface area contributed by atoms with Crippen LogP contribution in [0, 0.1) is 28.6 Å². The van der Waals surface area contributed by atoms with E-state index in [2.05, 4.69) is 19.9 Å². The number of hydrogen-bond donors (Lipinski definition) is 1. The van der Waals surface area contributed by atoms with Gasteiger partial charge in [0.1, 0.15) is 0 Å². The van der Waals surface area contributed by atoms with Gasteiger partial charge in [0.25, 0.3) is 0 Å². The standard InChI is InChI=1S/C20H29FO/c1-19-9-7-13(12-21)11-14(19)3-4-15-16-5-6-18(22)20(16,2)10-8-17(15)19/h11-12,15-18,22H,3-10H2,1-2H3/t15-,16-,17+,18?,19-,20-/m0/s1. The molecule has 3 fully saturated rings. The first-order valence-electron chi connectivity index (χ1n) is 9.17. The number of halogens is 1. The minimum Gasteiger partial charge on any atom is -0.393 e. The van der Waals surface area contributed by atoms with Gasteiger partial charge in [-0.2, -0.15) is 0 Å². The van der Waals surface area contributed by atoms with Gasteiger partial charge in [-0.05, 0) is 85.5 Å². The highest BCUT2D eigenvalue weighted by molar-refractivity contribution is 5.34. The summed E-state index contributed by atoms with van der Waals surface area (Å²) >= 11 is 0. The molecule has 1 unspecified atom stereocenters. The van der Waals surface area contributed by atoms with E-state index in [1.165, 1.54) is 31.3 Å². The third-order valence-electron chi connectivity index (χ3n) is 8.12. The lowest BCUT2D eigenvalue weighted by molar-refractivity contribution is -0.0728. The molecule has 6 atom stereocenters. The van der Waals surface area contributed by atoms with E-state index in [0.717, 1.165) is 49.4 Å². The van der Waals surface area contributed by atoms with Gasteiger partial charge in [-0.1, -0.05) is 25.5 Å². The third kappa shape index (κ3) is 1.85. The predicted octanol–water partition coefficient (Wildman–Crippen LogP) is 5.16. The Hall–Kier alpha value is -0.630. The molecule has 4 rings (SSSR count). The largest absolute Gasteiger partial charge is 0.393 e. The highest BCUT2D eigenvalue weighted by atomic mass is 19.1. The topological polar surface area (TPSA) is 20.2 Å². The maximum absolute atomic E-state index is 12.9. The Morgan fingerprint density at radius 2 is 1.91 bits per heavy atom. The molecule has 4 aliphatic carbocycles. The minimum absolute atomic E-state index is 0.0874. The van der Waals surface area contributed by atoms with Gasteiger partial charge in [-0.15, -0.1) is 0 Å². The summed E-state index contributed by atoms with van der Waals surface area (Å²) in [5, 5.41) is 10.5. The predicted molar refractivity (Wildman–Crippen MR) is 86.9 cm³/mol. The number of rotatable bonds is 0. The van der Waals surface area contributed by atoms with E-state index in [4.69, 9.17) is 0 Å². The fourth-order valence-electron chi connectivity index (χ4n) is 6.67. The van der Waals surface area contributed by atoms with Crippen molar-refractivity contribution in [2.45, 2.75) is 71.3 Å². The zero-order valence-corrected chi connectivity index (χ0v) is 13.9. The monoisotopic (exact) mass is 304 g/mol. The van der Waals surface area contributed by atoms with E-state index in [-0.39, 0.29) is 16.9 Å². The van der Waals surface area contributed by atoms with E-state index in [1.54, 1.807) is 0 Å². The highest BCUT2D eigenvalue weighted by Gasteiger charge is 2.58. The van der Waals surface area contributed by atoms with Crippen LogP contribution < -0.4 is 0 Å². The van der Waals surface area contributed by atoms with Crippen LogP contribution in [-0.2, 0) is 0 Å². The van der Waals surface area contributed by atoms with Crippen molar-refractivity contribution in [2.24, 2.45) is 28.6 Å². The fraction of sp³-hybridized carbons (Fsp3) is 0.800.